The van der Waals surface area contributed by atoms with E-state index in [0.29, 0.717) is 28.5 Å². The van der Waals surface area contributed by atoms with E-state index in [9.17, 15) is 4.79 Å². The molecule has 106 valence electrons. The van der Waals surface area contributed by atoms with Gasteiger partial charge in [-0.05, 0) is 19.1 Å². The number of anilines is 1. The first-order valence-corrected chi connectivity index (χ1v) is 6.45. The van der Waals surface area contributed by atoms with Crippen LogP contribution in [0.2, 0.25) is 0 Å². The summed E-state index contributed by atoms with van der Waals surface area (Å²) < 4.78 is 10.4. The lowest BCUT2D eigenvalue weighted by Gasteiger charge is -2.10. The Hall–Kier alpha value is -2.30. The van der Waals surface area contributed by atoms with Crippen molar-refractivity contribution in [3.63, 3.8) is 0 Å². The molecule has 2 rings (SSSR count). The zero-order valence-electron chi connectivity index (χ0n) is 12.1. The third-order valence-corrected chi connectivity index (χ3v) is 3.00. The van der Waals surface area contributed by atoms with Gasteiger partial charge in [-0.15, -0.1) is 0 Å². The number of benzene rings is 1. The van der Waals surface area contributed by atoms with Gasteiger partial charge in [-0.2, -0.15) is 0 Å². The number of nitrogens with zero attached hydrogens (tertiary/aromatic N) is 1. The number of carbonyl (C=O) groups excluding carboxylic acids is 1. The minimum absolute atomic E-state index is 0.0922. The van der Waals surface area contributed by atoms with Gasteiger partial charge in [0.2, 0.25) is 0 Å². The summed E-state index contributed by atoms with van der Waals surface area (Å²) in [6.07, 6.45) is 0. The molecule has 0 aliphatic carbocycles. The fraction of sp³-hybridized carbons (Fsp3) is 0.333. The molecular formula is C15H18N2O3. The number of rotatable bonds is 4. The molecule has 1 aromatic carbocycles. The zero-order valence-corrected chi connectivity index (χ0v) is 12.1. The average Bonchev–Trinajstić information content (AvgIpc) is 2.81. The van der Waals surface area contributed by atoms with Gasteiger partial charge >= 0.3 is 0 Å². The second kappa shape index (κ2) is 5.77. The van der Waals surface area contributed by atoms with Gasteiger partial charge in [-0.1, -0.05) is 31.1 Å². The van der Waals surface area contributed by atoms with Crippen LogP contribution in [0.15, 0.2) is 28.8 Å². The van der Waals surface area contributed by atoms with Gasteiger partial charge in [0.15, 0.2) is 5.76 Å². The lowest BCUT2D eigenvalue weighted by atomic mass is 10.0. The highest BCUT2D eigenvalue weighted by Crippen LogP contribution is 2.27. The molecule has 1 heterocycles. The second-order valence-electron chi connectivity index (χ2n) is 4.82. The predicted octanol–water partition coefficient (Wildman–Crippen LogP) is 3.37. The van der Waals surface area contributed by atoms with Crippen molar-refractivity contribution in [1.82, 2.24) is 5.16 Å². The summed E-state index contributed by atoms with van der Waals surface area (Å²) in [5.41, 5.74) is 1.70. The number of hydrogen-bond acceptors (Lipinski definition) is 4. The highest BCUT2D eigenvalue weighted by molar-refractivity contribution is 6.06. The van der Waals surface area contributed by atoms with E-state index in [2.05, 4.69) is 10.5 Å². The molecule has 5 nitrogen and oxygen atoms in total. The van der Waals surface area contributed by atoms with Crippen LogP contribution >= 0.6 is 0 Å². The van der Waals surface area contributed by atoms with E-state index < -0.39 is 0 Å². The smallest absolute Gasteiger partial charge is 0.261 e. The van der Waals surface area contributed by atoms with Crippen molar-refractivity contribution in [2.75, 3.05) is 12.4 Å². The summed E-state index contributed by atoms with van der Waals surface area (Å²) in [6.45, 7) is 5.67. The Balaban J connectivity index is 2.31. The number of aryl methyl sites for hydroxylation is 1. The molecule has 20 heavy (non-hydrogen) atoms. The molecule has 0 bridgehead atoms. The van der Waals surface area contributed by atoms with Crippen LogP contribution in [-0.2, 0) is 0 Å². The maximum Gasteiger partial charge on any atom is 0.261 e. The largest absolute Gasteiger partial charge is 0.495 e. The molecule has 0 aliphatic rings. The van der Waals surface area contributed by atoms with E-state index in [0.717, 1.165) is 0 Å². The molecule has 2 aromatic rings. The number of ether oxygens (including phenoxy) is 1. The van der Waals surface area contributed by atoms with Crippen molar-refractivity contribution in [1.29, 1.82) is 0 Å². The number of amides is 1. The van der Waals surface area contributed by atoms with Gasteiger partial charge < -0.3 is 14.6 Å². The molecule has 0 radical (unpaired) electrons. The van der Waals surface area contributed by atoms with Crippen molar-refractivity contribution >= 4 is 11.6 Å². The maximum atomic E-state index is 12.4. The van der Waals surface area contributed by atoms with Crippen molar-refractivity contribution in [2.24, 2.45) is 0 Å². The van der Waals surface area contributed by atoms with E-state index in [1.165, 1.54) is 0 Å². The second-order valence-corrected chi connectivity index (χ2v) is 4.82. The van der Waals surface area contributed by atoms with E-state index in [-0.39, 0.29) is 11.8 Å². The Morgan fingerprint density at radius 3 is 2.70 bits per heavy atom. The Kier molecular flexibility index (Phi) is 4.08. The predicted molar refractivity (Wildman–Crippen MR) is 76.3 cm³/mol. The summed E-state index contributed by atoms with van der Waals surface area (Å²) >= 11 is 0. The zero-order chi connectivity index (χ0) is 14.7. The van der Waals surface area contributed by atoms with Crippen LogP contribution in [0.25, 0.3) is 0 Å². The lowest BCUT2D eigenvalue weighted by molar-refractivity contribution is 0.102. The molecule has 1 N–H and O–H groups in total. The summed E-state index contributed by atoms with van der Waals surface area (Å²) in [6, 6.07) is 7.26. The number of methoxy groups -OCH3 is 1. The normalized spacial score (nSPS) is 10.7. The third-order valence-electron chi connectivity index (χ3n) is 3.00. The Morgan fingerprint density at radius 1 is 1.35 bits per heavy atom. The minimum atomic E-state index is -0.239. The van der Waals surface area contributed by atoms with Crippen LogP contribution in [0.3, 0.4) is 0 Å². The van der Waals surface area contributed by atoms with Gasteiger partial charge in [-0.25, -0.2) is 0 Å². The number of aromatic nitrogens is 1. The molecule has 0 aliphatic heterocycles. The van der Waals surface area contributed by atoms with Gasteiger partial charge in [0.05, 0.1) is 18.5 Å². The van der Waals surface area contributed by atoms with Crippen molar-refractivity contribution in [3.05, 3.63) is 41.3 Å². The van der Waals surface area contributed by atoms with E-state index in [1.807, 2.05) is 26.0 Å². The molecule has 0 spiro atoms. The standard InChI is InChI=1S/C15H18N2O3/c1-9(2)14-13(10(3)17-20-14)15(18)16-11-7-5-6-8-12(11)19-4/h5-9H,1-4H3,(H,16,18). The lowest BCUT2D eigenvalue weighted by Crippen LogP contribution is -2.15. The van der Waals surface area contributed by atoms with Crippen LogP contribution in [-0.4, -0.2) is 18.2 Å². The first-order chi connectivity index (χ1) is 9.54. The van der Waals surface area contributed by atoms with Crippen molar-refractivity contribution in [3.8, 4) is 5.75 Å². The van der Waals surface area contributed by atoms with Crippen LogP contribution < -0.4 is 10.1 Å². The summed E-state index contributed by atoms with van der Waals surface area (Å²) in [5, 5.41) is 6.71. The van der Waals surface area contributed by atoms with Crippen LogP contribution in [0.1, 0.15) is 41.6 Å². The Bertz CT molecular complexity index is 617. The quantitative estimate of drug-likeness (QED) is 0.928. The molecule has 5 heteroatoms. The van der Waals surface area contributed by atoms with Gasteiger partial charge in [0.25, 0.3) is 5.91 Å². The average molecular weight is 274 g/mol. The molecule has 0 unspecified atom stereocenters. The number of nitrogens with one attached hydrogen (secondary N) is 1. The van der Waals surface area contributed by atoms with Crippen molar-refractivity contribution < 1.29 is 14.1 Å². The van der Waals surface area contributed by atoms with E-state index in [4.69, 9.17) is 9.26 Å². The summed E-state index contributed by atoms with van der Waals surface area (Å²) in [5.74, 6) is 1.06. The maximum absolute atomic E-state index is 12.4. The first-order valence-electron chi connectivity index (χ1n) is 6.45. The molecule has 0 saturated carbocycles. The Labute approximate surface area is 117 Å². The summed E-state index contributed by atoms with van der Waals surface area (Å²) in [7, 11) is 1.56. The molecule has 0 fully saturated rings. The molecule has 0 atom stereocenters. The monoisotopic (exact) mass is 274 g/mol. The highest BCUT2D eigenvalue weighted by Gasteiger charge is 2.23. The minimum Gasteiger partial charge on any atom is -0.495 e. The van der Waals surface area contributed by atoms with Gasteiger partial charge in [0, 0.05) is 5.92 Å². The fourth-order valence-electron chi connectivity index (χ4n) is 1.99. The SMILES string of the molecule is COc1ccccc1NC(=O)c1c(C)noc1C(C)C. The van der Waals surface area contributed by atoms with Crippen molar-refractivity contribution in [2.45, 2.75) is 26.7 Å². The molecular weight excluding hydrogens is 256 g/mol. The summed E-state index contributed by atoms with van der Waals surface area (Å²) in [4.78, 5) is 12.4. The third kappa shape index (κ3) is 2.66. The molecule has 1 aromatic heterocycles. The highest BCUT2D eigenvalue weighted by atomic mass is 16.5. The van der Waals surface area contributed by atoms with Gasteiger partial charge in [0.1, 0.15) is 11.3 Å². The first kappa shape index (κ1) is 14.1. The van der Waals surface area contributed by atoms with Crippen LogP contribution in [0.5, 0.6) is 5.75 Å². The van der Waals surface area contributed by atoms with E-state index in [1.54, 1.807) is 26.2 Å². The Morgan fingerprint density at radius 2 is 2.05 bits per heavy atom. The number of carbonyl (C=O) groups is 1. The molecule has 1 amide bonds. The topological polar surface area (TPSA) is 64.4 Å². The van der Waals surface area contributed by atoms with Crippen LogP contribution in [0.4, 0.5) is 5.69 Å². The number of hydrogen-bond donors (Lipinski definition) is 1. The van der Waals surface area contributed by atoms with Crippen LogP contribution in [0, 0.1) is 6.92 Å². The molecule has 0 saturated heterocycles. The number of para-hydroxylation sites is 2. The van der Waals surface area contributed by atoms with E-state index >= 15 is 0 Å². The van der Waals surface area contributed by atoms with Gasteiger partial charge in [-0.3, -0.25) is 4.79 Å². The fourth-order valence-corrected chi connectivity index (χ4v) is 1.99.